The van der Waals surface area contributed by atoms with Crippen LogP contribution in [0.3, 0.4) is 0 Å². The number of halogens is 1. The standard InChI is InChI=1S/C14H18ClN3/c1-3-7-16-10-12-5-4-6-13(15)14(12)18-9-8-17-11(18)2/h4-6,8-9,16H,3,7,10H2,1-2H3. The average Bonchev–Trinajstić information content (AvgIpc) is 2.76. The minimum Gasteiger partial charge on any atom is -0.313 e. The van der Waals surface area contributed by atoms with E-state index in [1.807, 2.05) is 29.8 Å². The van der Waals surface area contributed by atoms with Gasteiger partial charge in [0.25, 0.3) is 0 Å². The van der Waals surface area contributed by atoms with Crippen LogP contribution in [0.1, 0.15) is 24.7 Å². The molecule has 2 aromatic rings. The van der Waals surface area contributed by atoms with E-state index in [0.717, 1.165) is 36.0 Å². The van der Waals surface area contributed by atoms with Crippen molar-refractivity contribution >= 4 is 11.6 Å². The summed E-state index contributed by atoms with van der Waals surface area (Å²) in [5.41, 5.74) is 2.22. The summed E-state index contributed by atoms with van der Waals surface area (Å²) in [5.74, 6) is 0.944. The van der Waals surface area contributed by atoms with Crippen LogP contribution in [-0.4, -0.2) is 16.1 Å². The highest BCUT2D eigenvalue weighted by Crippen LogP contribution is 2.25. The Morgan fingerprint density at radius 2 is 2.22 bits per heavy atom. The Bertz CT molecular complexity index is 520. The summed E-state index contributed by atoms with van der Waals surface area (Å²) in [6.45, 7) is 5.97. The number of para-hydroxylation sites is 1. The van der Waals surface area contributed by atoms with Gasteiger partial charge in [0.15, 0.2) is 0 Å². The number of aromatic nitrogens is 2. The zero-order valence-corrected chi connectivity index (χ0v) is 11.5. The van der Waals surface area contributed by atoms with Gasteiger partial charge < -0.3 is 9.88 Å². The van der Waals surface area contributed by atoms with Crippen molar-refractivity contribution in [1.82, 2.24) is 14.9 Å². The molecule has 0 saturated carbocycles. The number of benzene rings is 1. The van der Waals surface area contributed by atoms with Crippen LogP contribution in [0.5, 0.6) is 0 Å². The van der Waals surface area contributed by atoms with Crippen molar-refractivity contribution in [3.63, 3.8) is 0 Å². The Hall–Kier alpha value is -1.32. The molecule has 0 aliphatic rings. The fraction of sp³-hybridized carbons (Fsp3) is 0.357. The van der Waals surface area contributed by atoms with Crippen molar-refractivity contribution < 1.29 is 0 Å². The molecule has 18 heavy (non-hydrogen) atoms. The van der Waals surface area contributed by atoms with Gasteiger partial charge in [-0.1, -0.05) is 30.7 Å². The van der Waals surface area contributed by atoms with E-state index in [1.165, 1.54) is 5.56 Å². The van der Waals surface area contributed by atoms with Crippen LogP contribution in [0.15, 0.2) is 30.6 Å². The summed E-state index contributed by atoms with van der Waals surface area (Å²) in [6, 6.07) is 6.00. The fourth-order valence-electron chi connectivity index (χ4n) is 1.99. The molecule has 1 N–H and O–H groups in total. The second-order valence-corrected chi connectivity index (χ2v) is 4.68. The molecule has 0 fully saturated rings. The molecule has 0 atom stereocenters. The van der Waals surface area contributed by atoms with Gasteiger partial charge in [-0.2, -0.15) is 0 Å². The first-order chi connectivity index (χ1) is 8.74. The molecule has 0 radical (unpaired) electrons. The minimum absolute atomic E-state index is 0.756. The first-order valence-electron chi connectivity index (χ1n) is 6.22. The van der Waals surface area contributed by atoms with Crippen molar-refractivity contribution in [3.8, 4) is 5.69 Å². The lowest BCUT2D eigenvalue weighted by atomic mass is 10.1. The quantitative estimate of drug-likeness (QED) is 0.839. The number of imidazole rings is 1. The van der Waals surface area contributed by atoms with Gasteiger partial charge in [-0.05, 0) is 31.5 Å². The van der Waals surface area contributed by atoms with Crippen LogP contribution in [0.4, 0.5) is 0 Å². The Morgan fingerprint density at radius 1 is 1.39 bits per heavy atom. The largest absolute Gasteiger partial charge is 0.313 e. The van der Waals surface area contributed by atoms with Crippen molar-refractivity contribution in [2.24, 2.45) is 0 Å². The third-order valence-corrected chi connectivity index (χ3v) is 3.18. The zero-order chi connectivity index (χ0) is 13.0. The van der Waals surface area contributed by atoms with Crippen LogP contribution in [0.2, 0.25) is 5.02 Å². The molecule has 0 spiro atoms. The van der Waals surface area contributed by atoms with Crippen molar-refractivity contribution in [2.75, 3.05) is 6.54 Å². The lowest BCUT2D eigenvalue weighted by Gasteiger charge is -2.14. The van der Waals surface area contributed by atoms with Gasteiger partial charge in [0.1, 0.15) is 5.82 Å². The molecule has 3 nitrogen and oxygen atoms in total. The molecule has 4 heteroatoms. The SMILES string of the molecule is CCCNCc1cccc(Cl)c1-n1ccnc1C. The predicted molar refractivity (Wildman–Crippen MR) is 75.3 cm³/mol. The van der Waals surface area contributed by atoms with E-state index in [9.17, 15) is 0 Å². The number of hydrogen-bond donors (Lipinski definition) is 1. The van der Waals surface area contributed by atoms with E-state index < -0.39 is 0 Å². The van der Waals surface area contributed by atoms with Crippen LogP contribution in [0.25, 0.3) is 5.69 Å². The topological polar surface area (TPSA) is 29.9 Å². The highest BCUT2D eigenvalue weighted by molar-refractivity contribution is 6.32. The zero-order valence-electron chi connectivity index (χ0n) is 10.8. The lowest BCUT2D eigenvalue weighted by molar-refractivity contribution is 0.672. The van der Waals surface area contributed by atoms with Crippen LogP contribution in [-0.2, 0) is 6.54 Å². The van der Waals surface area contributed by atoms with Gasteiger partial charge in [-0.25, -0.2) is 4.98 Å². The van der Waals surface area contributed by atoms with Crippen molar-refractivity contribution in [1.29, 1.82) is 0 Å². The molecule has 1 aromatic carbocycles. The van der Waals surface area contributed by atoms with E-state index in [2.05, 4.69) is 23.3 Å². The smallest absolute Gasteiger partial charge is 0.110 e. The summed E-state index contributed by atoms with van der Waals surface area (Å²) >= 11 is 6.33. The van der Waals surface area contributed by atoms with E-state index in [0.29, 0.717) is 0 Å². The normalized spacial score (nSPS) is 10.8. The Balaban J connectivity index is 2.36. The van der Waals surface area contributed by atoms with Gasteiger partial charge in [0.05, 0.1) is 10.7 Å². The number of nitrogens with one attached hydrogen (secondary N) is 1. The van der Waals surface area contributed by atoms with Gasteiger partial charge in [0.2, 0.25) is 0 Å². The molecule has 0 aliphatic heterocycles. The Morgan fingerprint density at radius 3 is 2.89 bits per heavy atom. The third-order valence-electron chi connectivity index (χ3n) is 2.88. The molecule has 0 unspecified atom stereocenters. The summed E-state index contributed by atoms with van der Waals surface area (Å²) in [5, 5.41) is 4.16. The monoisotopic (exact) mass is 263 g/mol. The van der Waals surface area contributed by atoms with Crippen LogP contribution < -0.4 is 5.32 Å². The second-order valence-electron chi connectivity index (χ2n) is 4.27. The Kier molecular flexibility index (Phi) is 4.39. The van der Waals surface area contributed by atoms with Crippen LogP contribution in [0, 0.1) is 6.92 Å². The average molecular weight is 264 g/mol. The van der Waals surface area contributed by atoms with Gasteiger partial charge >= 0.3 is 0 Å². The molecule has 2 rings (SSSR count). The van der Waals surface area contributed by atoms with Crippen molar-refractivity contribution in [3.05, 3.63) is 47.0 Å². The molecule has 0 saturated heterocycles. The molecule has 1 heterocycles. The molecule has 0 bridgehead atoms. The van der Waals surface area contributed by atoms with E-state index in [-0.39, 0.29) is 0 Å². The second kappa shape index (κ2) is 6.03. The first-order valence-corrected chi connectivity index (χ1v) is 6.60. The fourth-order valence-corrected chi connectivity index (χ4v) is 2.27. The maximum atomic E-state index is 6.33. The number of aryl methyl sites for hydroxylation is 1. The molecular weight excluding hydrogens is 246 g/mol. The molecular formula is C14H18ClN3. The van der Waals surface area contributed by atoms with E-state index in [4.69, 9.17) is 11.6 Å². The summed E-state index contributed by atoms with van der Waals surface area (Å²) in [7, 11) is 0. The number of nitrogens with zero attached hydrogens (tertiary/aromatic N) is 2. The first kappa shape index (κ1) is 13.1. The molecule has 96 valence electrons. The molecule has 1 aromatic heterocycles. The van der Waals surface area contributed by atoms with E-state index >= 15 is 0 Å². The Labute approximate surface area is 113 Å². The maximum absolute atomic E-state index is 6.33. The lowest BCUT2D eigenvalue weighted by Crippen LogP contribution is -2.16. The van der Waals surface area contributed by atoms with Crippen LogP contribution >= 0.6 is 11.6 Å². The molecule has 0 amide bonds. The number of rotatable bonds is 5. The highest BCUT2D eigenvalue weighted by Gasteiger charge is 2.10. The van der Waals surface area contributed by atoms with Gasteiger partial charge in [0, 0.05) is 18.9 Å². The van der Waals surface area contributed by atoms with Gasteiger partial charge in [-0.15, -0.1) is 0 Å². The van der Waals surface area contributed by atoms with Gasteiger partial charge in [-0.3, -0.25) is 0 Å². The summed E-state index contributed by atoms with van der Waals surface area (Å²) < 4.78 is 2.03. The maximum Gasteiger partial charge on any atom is 0.110 e. The summed E-state index contributed by atoms with van der Waals surface area (Å²) in [6.07, 6.45) is 4.86. The summed E-state index contributed by atoms with van der Waals surface area (Å²) in [4.78, 5) is 4.26. The predicted octanol–water partition coefficient (Wildman–Crippen LogP) is 3.33. The third kappa shape index (κ3) is 2.74. The number of hydrogen-bond acceptors (Lipinski definition) is 2. The van der Waals surface area contributed by atoms with E-state index in [1.54, 1.807) is 6.20 Å². The van der Waals surface area contributed by atoms with Crippen molar-refractivity contribution in [2.45, 2.75) is 26.8 Å². The molecule has 0 aliphatic carbocycles. The minimum atomic E-state index is 0.756. The highest BCUT2D eigenvalue weighted by atomic mass is 35.5.